The molecule has 0 saturated carbocycles. The van der Waals surface area contributed by atoms with Crippen molar-refractivity contribution in [2.45, 2.75) is 19.4 Å². The van der Waals surface area contributed by atoms with Crippen molar-refractivity contribution in [1.29, 1.82) is 0 Å². The minimum absolute atomic E-state index is 0.0195. The summed E-state index contributed by atoms with van der Waals surface area (Å²) in [7, 11) is 0. The summed E-state index contributed by atoms with van der Waals surface area (Å²) in [6.07, 6.45) is 0. The molecule has 0 spiro atoms. The maximum atomic E-state index is 11.1. The summed E-state index contributed by atoms with van der Waals surface area (Å²) in [6, 6.07) is 7.12. The Kier molecular flexibility index (Phi) is 3.11. The number of amidine groups is 1. The maximum absolute atomic E-state index is 11.1. The molecule has 1 aromatic rings. The van der Waals surface area contributed by atoms with E-state index >= 15 is 0 Å². The van der Waals surface area contributed by atoms with E-state index in [1.807, 2.05) is 6.07 Å². The summed E-state index contributed by atoms with van der Waals surface area (Å²) in [5.41, 5.74) is 6.55. The number of carbonyl (C=O) groups is 1. The van der Waals surface area contributed by atoms with E-state index < -0.39 is 5.91 Å². The van der Waals surface area contributed by atoms with Gasteiger partial charge in [0.15, 0.2) is 5.17 Å². The van der Waals surface area contributed by atoms with Gasteiger partial charge in [-0.25, -0.2) is 0 Å². The molecule has 1 aliphatic rings. The van der Waals surface area contributed by atoms with Gasteiger partial charge in [0.1, 0.15) is 0 Å². The maximum Gasteiger partial charge on any atom is 0.248 e. The third-order valence-corrected chi connectivity index (χ3v) is 3.68. The highest BCUT2D eigenvalue weighted by molar-refractivity contribution is 8.14. The number of anilines is 1. The van der Waals surface area contributed by atoms with Gasteiger partial charge < -0.3 is 11.1 Å². The quantitative estimate of drug-likeness (QED) is 0.843. The average Bonchev–Trinajstić information content (AvgIpc) is 2.58. The molecular weight excluding hydrogens is 234 g/mol. The summed E-state index contributed by atoms with van der Waals surface area (Å²) in [5.74, 6) is 0.542. The predicted octanol–water partition coefficient (Wildman–Crippen LogP) is 2.08. The van der Waals surface area contributed by atoms with Crippen LogP contribution < -0.4 is 11.1 Å². The molecule has 0 aliphatic carbocycles. The number of rotatable bonds is 2. The Morgan fingerprint density at radius 2 is 2.29 bits per heavy atom. The van der Waals surface area contributed by atoms with Crippen LogP contribution in [0.15, 0.2) is 29.3 Å². The van der Waals surface area contributed by atoms with Crippen molar-refractivity contribution in [1.82, 2.24) is 0 Å². The fourth-order valence-corrected chi connectivity index (χ4v) is 2.58. The lowest BCUT2D eigenvalue weighted by molar-refractivity contribution is 0.100. The van der Waals surface area contributed by atoms with Gasteiger partial charge in [-0.2, -0.15) is 0 Å². The molecule has 0 bridgehead atoms. The number of benzene rings is 1. The van der Waals surface area contributed by atoms with Gasteiger partial charge >= 0.3 is 0 Å². The number of thioether (sulfide) groups is 1. The van der Waals surface area contributed by atoms with Crippen LogP contribution in [0.4, 0.5) is 5.69 Å². The molecule has 1 heterocycles. The molecule has 0 unspecified atom stereocenters. The van der Waals surface area contributed by atoms with Crippen molar-refractivity contribution in [2.75, 3.05) is 11.1 Å². The zero-order chi connectivity index (χ0) is 12.5. The summed E-state index contributed by atoms with van der Waals surface area (Å²) in [5, 5.41) is 4.08. The summed E-state index contributed by atoms with van der Waals surface area (Å²) in [6.45, 7) is 4.18. The van der Waals surface area contributed by atoms with Crippen LogP contribution >= 0.6 is 11.8 Å². The van der Waals surface area contributed by atoms with E-state index in [0.29, 0.717) is 5.56 Å². The van der Waals surface area contributed by atoms with Gasteiger partial charge in [-0.1, -0.05) is 17.8 Å². The molecule has 2 rings (SSSR count). The van der Waals surface area contributed by atoms with Gasteiger partial charge in [0.05, 0.1) is 5.54 Å². The van der Waals surface area contributed by atoms with E-state index in [2.05, 4.69) is 24.2 Å². The number of hydrogen-bond donors (Lipinski definition) is 2. The second kappa shape index (κ2) is 4.41. The molecule has 0 fully saturated rings. The Bertz CT molecular complexity index is 482. The van der Waals surface area contributed by atoms with E-state index in [4.69, 9.17) is 5.73 Å². The Balaban J connectivity index is 2.15. The molecule has 1 aromatic carbocycles. The monoisotopic (exact) mass is 249 g/mol. The van der Waals surface area contributed by atoms with E-state index in [0.717, 1.165) is 16.6 Å². The van der Waals surface area contributed by atoms with Crippen molar-refractivity contribution in [3.63, 3.8) is 0 Å². The number of aliphatic imine (C=N–C) groups is 1. The largest absolute Gasteiger partial charge is 0.366 e. The summed E-state index contributed by atoms with van der Waals surface area (Å²) in [4.78, 5) is 15.6. The zero-order valence-corrected chi connectivity index (χ0v) is 10.7. The van der Waals surface area contributed by atoms with Crippen molar-refractivity contribution in [3.8, 4) is 0 Å². The Morgan fingerprint density at radius 3 is 2.88 bits per heavy atom. The first-order valence-electron chi connectivity index (χ1n) is 5.36. The van der Waals surface area contributed by atoms with Crippen molar-refractivity contribution >= 4 is 28.5 Å². The minimum Gasteiger partial charge on any atom is -0.366 e. The van der Waals surface area contributed by atoms with Crippen LogP contribution in [-0.4, -0.2) is 22.4 Å². The van der Waals surface area contributed by atoms with E-state index in [1.54, 1.807) is 30.0 Å². The number of carbonyl (C=O) groups excluding carboxylic acids is 1. The molecule has 0 atom stereocenters. The number of hydrogen-bond acceptors (Lipinski definition) is 4. The Morgan fingerprint density at radius 1 is 1.53 bits per heavy atom. The van der Waals surface area contributed by atoms with Crippen LogP contribution in [0, 0.1) is 0 Å². The minimum atomic E-state index is -0.421. The number of amides is 1. The summed E-state index contributed by atoms with van der Waals surface area (Å²) < 4.78 is 0. The van der Waals surface area contributed by atoms with Crippen LogP contribution in [0.25, 0.3) is 0 Å². The molecule has 5 heteroatoms. The standard InChI is InChI=1S/C12H15N3OS/c1-12(2)7-17-11(15-12)14-9-5-3-4-8(6-9)10(13)16/h3-6H,7H2,1-2H3,(H2,13,16)(H,14,15). The Labute approximate surface area is 105 Å². The second-order valence-corrected chi connectivity index (χ2v) is 5.55. The molecule has 4 nitrogen and oxygen atoms in total. The molecule has 1 amide bonds. The molecule has 90 valence electrons. The first kappa shape index (κ1) is 12.0. The van der Waals surface area contributed by atoms with E-state index in [9.17, 15) is 4.79 Å². The lowest BCUT2D eigenvalue weighted by Crippen LogP contribution is -2.15. The lowest BCUT2D eigenvalue weighted by atomic mass is 10.1. The van der Waals surface area contributed by atoms with Crippen LogP contribution in [0.3, 0.4) is 0 Å². The van der Waals surface area contributed by atoms with Crippen LogP contribution in [0.2, 0.25) is 0 Å². The van der Waals surface area contributed by atoms with Crippen LogP contribution in [-0.2, 0) is 0 Å². The van der Waals surface area contributed by atoms with Crippen molar-refractivity contribution < 1.29 is 4.79 Å². The fraction of sp³-hybridized carbons (Fsp3) is 0.333. The fourth-order valence-electron chi connectivity index (χ4n) is 1.52. The second-order valence-electron chi connectivity index (χ2n) is 4.59. The van der Waals surface area contributed by atoms with Crippen molar-refractivity contribution in [3.05, 3.63) is 29.8 Å². The molecule has 1 aliphatic heterocycles. The van der Waals surface area contributed by atoms with Crippen LogP contribution in [0.1, 0.15) is 24.2 Å². The highest BCUT2D eigenvalue weighted by Crippen LogP contribution is 2.27. The molecular formula is C12H15N3OS. The molecule has 0 saturated heterocycles. The highest BCUT2D eigenvalue weighted by Gasteiger charge is 2.25. The van der Waals surface area contributed by atoms with E-state index in [-0.39, 0.29) is 5.54 Å². The summed E-state index contributed by atoms with van der Waals surface area (Å²) >= 11 is 1.68. The SMILES string of the molecule is CC1(C)CSC(Nc2cccc(C(N)=O)c2)=N1. The van der Waals surface area contributed by atoms with Gasteiger partial charge in [0, 0.05) is 17.0 Å². The van der Waals surface area contributed by atoms with Gasteiger partial charge in [0.25, 0.3) is 0 Å². The Hall–Kier alpha value is -1.49. The van der Waals surface area contributed by atoms with Gasteiger partial charge in [0.2, 0.25) is 5.91 Å². The topological polar surface area (TPSA) is 67.5 Å². The van der Waals surface area contributed by atoms with Crippen molar-refractivity contribution in [2.24, 2.45) is 10.7 Å². The zero-order valence-electron chi connectivity index (χ0n) is 9.86. The van der Waals surface area contributed by atoms with Gasteiger partial charge in [-0.3, -0.25) is 9.79 Å². The normalized spacial score (nSPS) is 17.6. The smallest absolute Gasteiger partial charge is 0.248 e. The average molecular weight is 249 g/mol. The van der Waals surface area contributed by atoms with Crippen LogP contribution in [0.5, 0.6) is 0 Å². The molecule has 17 heavy (non-hydrogen) atoms. The van der Waals surface area contributed by atoms with Gasteiger partial charge in [-0.05, 0) is 32.0 Å². The highest BCUT2D eigenvalue weighted by atomic mass is 32.2. The molecule has 3 N–H and O–H groups in total. The van der Waals surface area contributed by atoms with E-state index in [1.165, 1.54) is 0 Å². The third-order valence-electron chi connectivity index (χ3n) is 2.36. The number of nitrogens with two attached hydrogens (primary N) is 1. The number of nitrogens with one attached hydrogen (secondary N) is 1. The predicted molar refractivity (Wildman–Crippen MR) is 72.6 cm³/mol. The van der Waals surface area contributed by atoms with Gasteiger partial charge in [-0.15, -0.1) is 0 Å². The molecule has 0 aromatic heterocycles. The number of primary amides is 1. The lowest BCUT2D eigenvalue weighted by Gasteiger charge is -2.09. The molecule has 0 radical (unpaired) electrons. The first-order chi connectivity index (χ1) is 7.96. The third kappa shape index (κ3) is 3.00. The number of nitrogens with zero attached hydrogens (tertiary/aromatic N) is 1. The first-order valence-corrected chi connectivity index (χ1v) is 6.34.